The zero-order valence-corrected chi connectivity index (χ0v) is 14.7. The number of nitro benzene ring substituents is 2. The second kappa shape index (κ2) is 7.82. The summed E-state index contributed by atoms with van der Waals surface area (Å²) in [6.45, 7) is 0.447. The molecule has 28 heavy (non-hydrogen) atoms. The molecule has 0 spiro atoms. The van der Waals surface area contributed by atoms with Gasteiger partial charge in [-0.05, 0) is 24.6 Å². The summed E-state index contributed by atoms with van der Waals surface area (Å²) in [7, 11) is 0. The fourth-order valence-corrected chi connectivity index (χ4v) is 2.95. The van der Waals surface area contributed by atoms with E-state index in [4.69, 9.17) is 0 Å². The lowest BCUT2D eigenvalue weighted by molar-refractivity contribution is -0.385. The first-order valence-electron chi connectivity index (χ1n) is 8.45. The number of carbonyl (C=O) groups is 2. The van der Waals surface area contributed by atoms with Crippen molar-refractivity contribution in [3.8, 4) is 0 Å². The smallest absolute Gasteiger partial charge is 0.270 e. The maximum atomic E-state index is 13.1. The van der Waals surface area contributed by atoms with Gasteiger partial charge in [0.2, 0.25) is 5.91 Å². The quantitative estimate of drug-likeness (QED) is 0.556. The van der Waals surface area contributed by atoms with Crippen molar-refractivity contribution in [3.63, 3.8) is 0 Å². The highest BCUT2D eigenvalue weighted by atomic mass is 16.6. The highest BCUT2D eigenvalue weighted by molar-refractivity contribution is 6.06. The maximum Gasteiger partial charge on any atom is 0.270 e. The molecule has 1 saturated heterocycles. The molecule has 10 nitrogen and oxygen atoms in total. The van der Waals surface area contributed by atoms with E-state index in [1.54, 1.807) is 0 Å². The number of hydrogen-bond acceptors (Lipinski definition) is 6. The fraction of sp³-hybridized carbons (Fsp3) is 0.222. The number of carbonyl (C=O) groups excluding carboxylic acids is 2. The van der Waals surface area contributed by atoms with Crippen molar-refractivity contribution in [3.05, 3.63) is 74.3 Å². The summed E-state index contributed by atoms with van der Waals surface area (Å²) in [6.07, 6.45) is 1.07. The summed E-state index contributed by atoms with van der Waals surface area (Å²) >= 11 is 0. The first-order chi connectivity index (χ1) is 13.4. The van der Waals surface area contributed by atoms with E-state index in [9.17, 15) is 29.8 Å². The Morgan fingerprint density at radius 1 is 1.04 bits per heavy atom. The number of rotatable bonds is 6. The minimum Gasteiger partial charge on any atom is -0.324 e. The molecule has 0 bridgehead atoms. The molecule has 0 aliphatic carbocycles. The summed E-state index contributed by atoms with van der Waals surface area (Å²) < 4.78 is 0. The zero-order chi connectivity index (χ0) is 20.3. The number of nitro groups is 2. The van der Waals surface area contributed by atoms with Crippen molar-refractivity contribution >= 4 is 28.9 Å². The molecule has 2 amide bonds. The number of nitrogens with zero attached hydrogens (tertiary/aromatic N) is 4. The number of likely N-dealkylation sites (tertiary alicyclic amines) is 1. The van der Waals surface area contributed by atoms with Crippen molar-refractivity contribution in [1.82, 2.24) is 4.90 Å². The maximum absolute atomic E-state index is 13.1. The Morgan fingerprint density at radius 3 is 2.29 bits per heavy atom. The van der Waals surface area contributed by atoms with E-state index in [2.05, 4.69) is 0 Å². The highest BCUT2D eigenvalue weighted by Gasteiger charge is 2.27. The molecule has 1 aliphatic heterocycles. The van der Waals surface area contributed by atoms with Gasteiger partial charge in [0.1, 0.15) is 6.67 Å². The van der Waals surface area contributed by atoms with Gasteiger partial charge in [-0.25, -0.2) is 0 Å². The van der Waals surface area contributed by atoms with Crippen LogP contribution in [0.15, 0.2) is 48.5 Å². The number of amides is 2. The van der Waals surface area contributed by atoms with Gasteiger partial charge in [0.15, 0.2) is 0 Å². The molecule has 1 aliphatic rings. The predicted octanol–water partition coefficient (Wildman–Crippen LogP) is 2.73. The van der Waals surface area contributed by atoms with Crippen LogP contribution in [0.2, 0.25) is 0 Å². The lowest BCUT2D eigenvalue weighted by Crippen LogP contribution is -2.42. The van der Waals surface area contributed by atoms with E-state index in [-0.39, 0.29) is 29.5 Å². The fourth-order valence-electron chi connectivity index (χ4n) is 2.95. The van der Waals surface area contributed by atoms with Crippen molar-refractivity contribution in [2.45, 2.75) is 12.8 Å². The summed E-state index contributed by atoms with van der Waals surface area (Å²) in [4.78, 5) is 48.6. The molecule has 0 radical (unpaired) electrons. The molecule has 0 N–H and O–H groups in total. The molecule has 1 heterocycles. The normalized spacial score (nSPS) is 13.4. The van der Waals surface area contributed by atoms with Gasteiger partial charge in [-0.15, -0.1) is 0 Å². The Bertz CT molecular complexity index is 943. The highest BCUT2D eigenvalue weighted by Crippen LogP contribution is 2.24. The predicted molar refractivity (Wildman–Crippen MR) is 98.8 cm³/mol. The van der Waals surface area contributed by atoms with Gasteiger partial charge < -0.3 is 4.90 Å². The summed E-state index contributed by atoms with van der Waals surface area (Å²) in [5, 5.41) is 21.9. The summed E-state index contributed by atoms with van der Waals surface area (Å²) in [5.41, 5.74) is 0.0662. The van der Waals surface area contributed by atoms with Gasteiger partial charge in [-0.1, -0.05) is 6.07 Å². The number of hydrogen-bond donors (Lipinski definition) is 0. The first-order valence-corrected chi connectivity index (χ1v) is 8.45. The second-order valence-corrected chi connectivity index (χ2v) is 6.22. The van der Waals surface area contributed by atoms with Gasteiger partial charge in [0.05, 0.1) is 9.85 Å². The molecule has 10 heteroatoms. The van der Waals surface area contributed by atoms with Crippen molar-refractivity contribution in [2.24, 2.45) is 0 Å². The molecular formula is C18H16N4O6. The Labute approximate surface area is 159 Å². The van der Waals surface area contributed by atoms with Gasteiger partial charge in [-0.3, -0.25) is 34.7 Å². The monoisotopic (exact) mass is 384 g/mol. The second-order valence-electron chi connectivity index (χ2n) is 6.22. The molecule has 0 atom stereocenters. The van der Waals surface area contributed by atoms with E-state index in [1.807, 2.05) is 0 Å². The van der Waals surface area contributed by atoms with Crippen LogP contribution in [0.25, 0.3) is 0 Å². The minimum absolute atomic E-state index is 0.0435. The average molecular weight is 384 g/mol. The molecule has 144 valence electrons. The third-order valence-electron chi connectivity index (χ3n) is 4.40. The lowest BCUT2D eigenvalue weighted by atomic mass is 10.1. The Hall–Kier alpha value is -3.82. The third kappa shape index (κ3) is 3.95. The van der Waals surface area contributed by atoms with Crippen molar-refractivity contribution in [1.29, 1.82) is 0 Å². The van der Waals surface area contributed by atoms with E-state index in [0.717, 1.165) is 6.07 Å². The SMILES string of the molecule is O=C1CCCN1CN(C(=O)c1cccc([N+](=O)[O-])c1)c1ccc([N+](=O)[O-])cc1. The van der Waals surface area contributed by atoms with Crippen LogP contribution < -0.4 is 4.90 Å². The first kappa shape index (κ1) is 19.0. The lowest BCUT2D eigenvalue weighted by Gasteiger charge is -2.28. The van der Waals surface area contributed by atoms with Gasteiger partial charge >= 0.3 is 0 Å². The minimum atomic E-state index is -0.600. The number of benzene rings is 2. The molecular weight excluding hydrogens is 368 g/mol. The molecule has 0 unspecified atom stereocenters. The molecule has 1 fully saturated rings. The molecule has 2 aromatic carbocycles. The van der Waals surface area contributed by atoms with Crippen LogP contribution in [0.1, 0.15) is 23.2 Å². The van der Waals surface area contributed by atoms with Crippen LogP contribution in [-0.2, 0) is 4.79 Å². The van der Waals surface area contributed by atoms with Gasteiger partial charge in [0, 0.05) is 48.5 Å². The van der Waals surface area contributed by atoms with Crippen molar-refractivity contribution in [2.75, 3.05) is 18.1 Å². The zero-order valence-electron chi connectivity index (χ0n) is 14.7. The van der Waals surface area contributed by atoms with Crippen LogP contribution in [-0.4, -0.2) is 39.8 Å². The van der Waals surface area contributed by atoms with Crippen LogP contribution >= 0.6 is 0 Å². The van der Waals surface area contributed by atoms with Crippen LogP contribution in [0, 0.1) is 20.2 Å². The third-order valence-corrected chi connectivity index (χ3v) is 4.40. The van der Waals surface area contributed by atoms with Crippen LogP contribution in [0.4, 0.5) is 17.1 Å². The van der Waals surface area contributed by atoms with E-state index < -0.39 is 15.8 Å². The van der Waals surface area contributed by atoms with E-state index >= 15 is 0 Å². The standard InChI is InChI=1S/C18H16N4O6/c23-17-5-2-10-19(17)12-20(14-6-8-15(9-7-14)21(25)26)18(24)13-3-1-4-16(11-13)22(27)28/h1,3-4,6-9,11H,2,5,10,12H2. The molecule has 3 rings (SSSR count). The Morgan fingerprint density at radius 2 is 1.71 bits per heavy atom. The van der Waals surface area contributed by atoms with Crippen LogP contribution in [0.5, 0.6) is 0 Å². The summed E-state index contributed by atoms with van der Waals surface area (Å²) in [5.74, 6) is -0.643. The van der Waals surface area contributed by atoms with E-state index in [1.165, 1.54) is 52.3 Å². The summed E-state index contributed by atoms with van der Waals surface area (Å²) in [6, 6.07) is 10.6. The number of non-ortho nitro benzene ring substituents is 2. The van der Waals surface area contributed by atoms with E-state index in [0.29, 0.717) is 25.1 Å². The topological polar surface area (TPSA) is 127 Å². The molecule has 0 saturated carbocycles. The largest absolute Gasteiger partial charge is 0.324 e. The number of anilines is 1. The average Bonchev–Trinajstić information content (AvgIpc) is 3.10. The Balaban J connectivity index is 1.96. The Kier molecular flexibility index (Phi) is 5.30. The van der Waals surface area contributed by atoms with Gasteiger partial charge in [-0.2, -0.15) is 0 Å². The molecule has 0 aromatic heterocycles. The molecule has 2 aromatic rings. The van der Waals surface area contributed by atoms with Crippen LogP contribution in [0.3, 0.4) is 0 Å². The van der Waals surface area contributed by atoms with Crippen molar-refractivity contribution < 1.29 is 19.4 Å². The van der Waals surface area contributed by atoms with Gasteiger partial charge in [0.25, 0.3) is 17.3 Å².